The van der Waals surface area contributed by atoms with Crippen LogP contribution in [0, 0.1) is 5.82 Å². The van der Waals surface area contributed by atoms with Crippen molar-refractivity contribution in [2.24, 2.45) is 0 Å². The van der Waals surface area contributed by atoms with Crippen LogP contribution >= 0.6 is 23.5 Å². The topological polar surface area (TPSA) is 59.2 Å². The molecule has 10 heteroatoms. The molecule has 0 saturated carbocycles. The molecule has 3 aromatic rings. The molecule has 5 nitrogen and oxygen atoms in total. The summed E-state index contributed by atoms with van der Waals surface area (Å²) in [5, 5.41) is 1.53. The fourth-order valence-corrected chi connectivity index (χ4v) is 3.14. The highest BCUT2D eigenvalue weighted by molar-refractivity contribution is 8.00. The highest BCUT2D eigenvalue weighted by Gasteiger charge is 2.16. The third-order valence-corrected chi connectivity index (χ3v) is 4.44. The van der Waals surface area contributed by atoms with Crippen molar-refractivity contribution in [1.29, 1.82) is 0 Å². The van der Waals surface area contributed by atoms with Crippen molar-refractivity contribution >= 4 is 40.1 Å². The molecule has 0 amide bonds. The van der Waals surface area contributed by atoms with E-state index in [0.29, 0.717) is 5.02 Å². The number of aromatic nitrogens is 2. The highest BCUT2D eigenvalue weighted by atomic mass is 35.5. The zero-order valence-corrected chi connectivity index (χ0v) is 14.9. The molecule has 0 spiro atoms. The second-order valence-electron chi connectivity index (χ2n) is 5.08. The maximum Gasteiger partial charge on any atom is 0.272 e. The van der Waals surface area contributed by atoms with Gasteiger partial charge in [0.1, 0.15) is 5.69 Å². The van der Waals surface area contributed by atoms with Gasteiger partial charge in [0.15, 0.2) is 12.4 Å². The fourth-order valence-electron chi connectivity index (χ4n) is 2.19. The normalized spacial score (nSPS) is 11.2. The average molecular weight is 404 g/mol. The van der Waals surface area contributed by atoms with Gasteiger partial charge in [-0.15, -0.1) is 0 Å². The number of H-pyrrole nitrogens is 1. The number of nitrogens with one attached hydrogen (secondary N) is 2. The van der Waals surface area contributed by atoms with Gasteiger partial charge in [-0.2, -0.15) is 4.98 Å². The van der Waals surface area contributed by atoms with Crippen LogP contribution in [0.4, 0.5) is 18.9 Å². The molecule has 0 aliphatic carbocycles. The Kier molecular flexibility index (Phi) is 5.67. The molecular weight excluding hydrogens is 391 g/mol. The molecular formula is C16H13ClF3N3O2S. The lowest BCUT2D eigenvalue weighted by Crippen LogP contribution is -2.10. The van der Waals surface area contributed by atoms with Crippen molar-refractivity contribution in [2.75, 3.05) is 18.4 Å². The molecule has 0 atom stereocenters. The predicted octanol–water partition coefficient (Wildman–Crippen LogP) is 5.13. The van der Waals surface area contributed by atoms with Crippen LogP contribution in [0.25, 0.3) is 10.9 Å². The van der Waals surface area contributed by atoms with Crippen molar-refractivity contribution in [3.05, 3.63) is 41.3 Å². The first kappa shape index (κ1) is 18.5. The fraction of sp³-hybridized carbons (Fsp3) is 0.188. The number of fused-ring (bicyclic) bond motifs is 1. The predicted molar refractivity (Wildman–Crippen MR) is 95.0 cm³/mol. The van der Waals surface area contributed by atoms with Crippen LogP contribution in [0.3, 0.4) is 0 Å². The summed E-state index contributed by atoms with van der Waals surface area (Å²) < 4.78 is 51.1. The minimum atomic E-state index is -2.73. The number of benzene rings is 1. The van der Waals surface area contributed by atoms with Crippen LogP contribution < -0.4 is 14.2 Å². The number of hydrogen-bond acceptors (Lipinski definition) is 5. The van der Waals surface area contributed by atoms with Crippen molar-refractivity contribution in [3.8, 4) is 11.8 Å². The van der Waals surface area contributed by atoms with Crippen LogP contribution in [-0.4, -0.2) is 30.1 Å². The Bertz CT molecular complexity index is 923. The van der Waals surface area contributed by atoms with Crippen molar-refractivity contribution in [2.45, 2.75) is 11.3 Å². The Labute approximate surface area is 156 Å². The maximum atomic E-state index is 14.0. The van der Waals surface area contributed by atoms with Crippen LogP contribution in [0.1, 0.15) is 0 Å². The molecule has 0 aliphatic rings. The molecule has 2 N–H and O–H groups in total. The Hall–Kier alpha value is -2.26. The van der Waals surface area contributed by atoms with Gasteiger partial charge in [0, 0.05) is 28.2 Å². The summed E-state index contributed by atoms with van der Waals surface area (Å²) in [5.41, 5.74) is 1.09. The standard InChI is InChI=1S/C16H13ClF3N3O2S/c1-24-16-12(5-10(18)15(22-16)25-7-14(19)20)23-26-13-6-21-11-4-8(17)2-3-9(11)13/h2-6,14,21,23H,7H2,1H3. The summed E-state index contributed by atoms with van der Waals surface area (Å²) in [5.74, 6) is -1.40. The van der Waals surface area contributed by atoms with E-state index in [2.05, 4.69) is 19.4 Å². The zero-order valence-electron chi connectivity index (χ0n) is 13.4. The van der Waals surface area contributed by atoms with Gasteiger partial charge in [-0.1, -0.05) is 17.7 Å². The minimum Gasteiger partial charge on any atom is -0.479 e. The lowest BCUT2D eigenvalue weighted by atomic mass is 10.2. The van der Waals surface area contributed by atoms with E-state index in [9.17, 15) is 13.2 Å². The van der Waals surface area contributed by atoms with Crippen LogP contribution in [0.5, 0.6) is 11.8 Å². The van der Waals surface area contributed by atoms with E-state index in [0.717, 1.165) is 21.9 Å². The molecule has 0 fully saturated rings. The third kappa shape index (κ3) is 4.10. The number of pyridine rings is 1. The number of nitrogens with zero attached hydrogens (tertiary/aromatic N) is 1. The number of rotatable bonds is 7. The van der Waals surface area contributed by atoms with E-state index in [4.69, 9.17) is 16.3 Å². The first-order valence-electron chi connectivity index (χ1n) is 7.33. The maximum absolute atomic E-state index is 14.0. The number of halogens is 4. The Morgan fingerprint density at radius 2 is 2.12 bits per heavy atom. The van der Waals surface area contributed by atoms with Gasteiger partial charge >= 0.3 is 0 Å². The van der Waals surface area contributed by atoms with Gasteiger partial charge in [0.25, 0.3) is 12.3 Å². The summed E-state index contributed by atoms with van der Waals surface area (Å²) in [6, 6.07) is 6.48. The molecule has 0 bridgehead atoms. The van der Waals surface area contributed by atoms with Gasteiger partial charge < -0.3 is 19.2 Å². The molecule has 138 valence electrons. The first-order valence-corrected chi connectivity index (χ1v) is 8.52. The van der Waals surface area contributed by atoms with Gasteiger partial charge in [0.05, 0.1) is 12.0 Å². The van der Waals surface area contributed by atoms with Crippen molar-refractivity contribution in [1.82, 2.24) is 9.97 Å². The summed E-state index contributed by atoms with van der Waals surface area (Å²) in [7, 11) is 1.33. The number of alkyl halides is 2. The lowest BCUT2D eigenvalue weighted by molar-refractivity contribution is 0.0770. The van der Waals surface area contributed by atoms with E-state index in [1.54, 1.807) is 18.3 Å². The zero-order chi connectivity index (χ0) is 18.7. The second kappa shape index (κ2) is 7.96. The van der Waals surface area contributed by atoms with E-state index >= 15 is 0 Å². The Morgan fingerprint density at radius 3 is 2.85 bits per heavy atom. The molecule has 0 radical (unpaired) electrons. The van der Waals surface area contributed by atoms with Gasteiger partial charge in [-0.25, -0.2) is 13.2 Å². The van der Waals surface area contributed by atoms with Crippen molar-refractivity contribution in [3.63, 3.8) is 0 Å². The highest BCUT2D eigenvalue weighted by Crippen LogP contribution is 2.34. The third-order valence-electron chi connectivity index (χ3n) is 3.33. The van der Waals surface area contributed by atoms with E-state index < -0.39 is 24.7 Å². The summed E-state index contributed by atoms with van der Waals surface area (Å²) >= 11 is 7.16. The molecule has 0 saturated heterocycles. The summed E-state index contributed by atoms with van der Waals surface area (Å²) in [6.07, 6.45) is -0.958. The minimum absolute atomic E-state index is 0.0195. The molecule has 1 aromatic carbocycles. The van der Waals surface area contributed by atoms with Crippen LogP contribution in [0.2, 0.25) is 5.02 Å². The van der Waals surface area contributed by atoms with Crippen LogP contribution in [-0.2, 0) is 0 Å². The van der Waals surface area contributed by atoms with Gasteiger partial charge in [-0.3, -0.25) is 0 Å². The number of anilines is 1. The Morgan fingerprint density at radius 1 is 1.31 bits per heavy atom. The van der Waals surface area contributed by atoms with Crippen LogP contribution in [0.15, 0.2) is 35.4 Å². The lowest BCUT2D eigenvalue weighted by Gasteiger charge is -2.12. The largest absolute Gasteiger partial charge is 0.479 e. The first-order chi connectivity index (χ1) is 12.5. The molecule has 2 aromatic heterocycles. The molecule has 0 aliphatic heterocycles. The number of hydrogen-bond donors (Lipinski definition) is 2. The molecule has 26 heavy (non-hydrogen) atoms. The quantitative estimate of drug-likeness (QED) is 0.536. The molecule has 3 rings (SSSR count). The smallest absolute Gasteiger partial charge is 0.272 e. The average Bonchev–Trinajstić information content (AvgIpc) is 3.00. The number of ether oxygens (including phenoxy) is 2. The van der Waals surface area contributed by atoms with E-state index in [-0.39, 0.29) is 11.6 Å². The van der Waals surface area contributed by atoms with Gasteiger partial charge in [0.2, 0.25) is 5.88 Å². The number of aromatic amines is 1. The second-order valence-corrected chi connectivity index (χ2v) is 6.37. The van der Waals surface area contributed by atoms with E-state index in [1.165, 1.54) is 19.1 Å². The number of methoxy groups -OCH3 is 1. The summed E-state index contributed by atoms with van der Waals surface area (Å²) in [6.45, 7) is -0.952. The van der Waals surface area contributed by atoms with Gasteiger partial charge in [-0.05, 0) is 24.1 Å². The molecule has 0 unspecified atom stereocenters. The summed E-state index contributed by atoms with van der Waals surface area (Å²) in [4.78, 5) is 7.71. The van der Waals surface area contributed by atoms with Crippen molar-refractivity contribution < 1.29 is 22.6 Å². The monoisotopic (exact) mass is 403 g/mol. The Balaban J connectivity index is 1.79. The SMILES string of the molecule is COc1nc(OCC(F)F)c(F)cc1NSc1c[nH]c2cc(Cl)ccc12. The molecule has 2 heterocycles. The van der Waals surface area contributed by atoms with E-state index in [1.807, 2.05) is 6.07 Å².